The Labute approximate surface area is 152 Å². The van der Waals surface area contributed by atoms with E-state index in [0.29, 0.717) is 0 Å². The summed E-state index contributed by atoms with van der Waals surface area (Å²) < 4.78 is 5.39. The lowest BCUT2D eigenvalue weighted by Gasteiger charge is -2.17. The molecule has 1 atom stereocenters. The van der Waals surface area contributed by atoms with E-state index in [1.54, 1.807) is 0 Å². The van der Waals surface area contributed by atoms with E-state index in [1.807, 2.05) is 36.4 Å². The van der Waals surface area contributed by atoms with E-state index in [9.17, 15) is 14.4 Å². The van der Waals surface area contributed by atoms with Crippen molar-refractivity contribution in [2.75, 3.05) is 6.61 Å². The highest BCUT2D eigenvalue weighted by Gasteiger charge is 2.29. The summed E-state index contributed by atoms with van der Waals surface area (Å²) in [6.07, 6.45) is -0.715. The number of carbonyl (C=O) groups is 3. The van der Waals surface area contributed by atoms with E-state index in [2.05, 4.69) is 17.4 Å². The van der Waals surface area contributed by atoms with Crippen LogP contribution < -0.4 is 5.32 Å². The van der Waals surface area contributed by atoms with E-state index < -0.39 is 12.1 Å². The molecule has 3 rings (SSSR count). The van der Waals surface area contributed by atoms with Crippen LogP contribution in [0.4, 0.5) is 4.79 Å². The normalized spacial score (nSPS) is 13.5. The van der Waals surface area contributed by atoms with Gasteiger partial charge in [-0.15, -0.1) is 0 Å². The molecule has 0 saturated heterocycles. The van der Waals surface area contributed by atoms with Gasteiger partial charge in [-0.3, -0.25) is 9.59 Å². The number of ketones is 2. The third-order valence-corrected chi connectivity index (χ3v) is 4.62. The van der Waals surface area contributed by atoms with Crippen LogP contribution in [0.1, 0.15) is 37.3 Å². The van der Waals surface area contributed by atoms with E-state index in [4.69, 9.17) is 4.74 Å². The molecule has 26 heavy (non-hydrogen) atoms. The average Bonchev–Trinajstić information content (AvgIpc) is 2.93. The molecule has 0 aliphatic heterocycles. The van der Waals surface area contributed by atoms with Crippen molar-refractivity contribution in [1.82, 2.24) is 5.32 Å². The number of hydrogen-bond donors (Lipinski definition) is 1. The Morgan fingerprint density at radius 3 is 2.00 bits per heavy atom. The summed E-state index contributed by atoms with van der Waals surface area (Å²) in [5.74, 6) is -0.477. The van der Waals surface area contributed by atoms with Gasteiger partial charge in [0.1, 0.15) is 12.4 Å². The number of rotatable bonds is 6. The first kappa shape index (κ1) is 17.9. The van der Waals surface area contributed by atoms with Crippen molar-refractivity contribution in [3.05, 3.63) is 59.7 Å². The fourth-order valence-electron chi connectivity index (χ4n) is 3.37. The molecule has 134 valence electrons. The zero-order valence-electron chi connectivity index (χ0n) is 14.8. The summed E-state index contributed by atoms with van der Waals surface area (Å²) in [7, 11) is 0. The van der Waals surface area contributed by atoms with Crippen LogP contribution in [-0.2, 0) is 14.3 Å². The monoisotopic (exact) mass is 351 g/mol. The van der Waals surface area contributed by atoms with E-state index in [-0.39, 0.29) is 30.5 Å². The van der Waals surface area contributed by atoms with Gasteiger partial charge in [0.05, 0.1) is 6.04 Å². The number of hydrogen-bond acceptors (Lipinski definition) is 4. The number of benzene rings is 2. The molecular formula is C21H21NO4. The molecule has 2 aromatic carbocycles. The lowest BCUT2D eigenvalue weighted by molar-refractivity contribution is -0.123. The molecule has 0 saturated carbocycles. The molecule has 0 aromatic heterocycles. The quantitative estimate of drug-likeness (QED) is 0.865. The second-order valence-corrected chi connectivity index (χ2v) is 6.54. The maximum Gasteiger partial charge on any atom is 0.407 e. The van der Waals surface area contributed by atoms with Crippen molar-refractivity contribution in [3.8, 4) is 11.1 Å². The van der Waals surface area contributed by atoms with E-state index >= 15 is 0 Å². The lowest BCUT2D eigenvalue weighted by atomic mass is 9.98. The van der Waals surface area contributed by atoms with Crippen LogP contribution in [0.25, 0.3) is 11.1 Å². The number of ether oxygens (including phenoxy) is 1. The third kappa shape index (κ3) is 3.67. The standard InChI is InChI=1S/C21H21NO4/c1-13(23)11-20(14(2)24)22-21(25)26-12-19-17-9-5-3-7-15(17)16-8-4-6-10-18(16)19/h3-10,19-20H,11-12H2,1-2H3,(H,22,25)/t20-/m1/s1. The number of amides is 1. The highest BCUT2D eigenvalue weighted by molar-refractivity contribution is 5.90. The van der Waals surface area contributed by atoms with Gasteiger partial charge in [-0.05, 0) is 36.1 Å². The van der Waals surface area contributed by atoms with Gasteiger partial charge in [0.15, 0.2) is 5.78 Å². The zero-order chi connectivity index (χ0) is 18.7. The molecule has 0 bridgehead atoms. The molecule has 1 aliphatic carbocycles. The van der Waals surface area contributed by atoms with Crippen molar-refractivity contribution >= 4 is 17.7 Å². The Morgan fingerprint density at radius 1 is 0.962 bits per heavy atom. The van der Waals surface area contributed by atoms with E-state index in [0.717, 1.165) is 22.3 Å². The summed E-state index contributed by atoms with van der Waals surface area (Å²) in [6, 6.07) is 15.3. The smallest absolute Gasteiger partial charge is 0.407 e. The molecule has 2 aromatic rings. The number of fused-ring (bicyclic) bond motifs is 3. The number of nitrogens with one attached hydrogen (secondary N) is 1. The Balaban J connectivity index is 1.71. The molecule has 1 amide bonds. The van der Waals surface area contributed by atoms with Crippen LogP contribution in [0.15, 0.2) is 48.5 Å². The van der Waals surface area contributed by atoms with Gasteiger partial charge in [-0.25, -0.2) is 4.79 Å². The Bertz CT molecular complexity index is 813. The first-order valence-electron chi connectivity index (χ1n) is 8.58. The largest absolute Gasteiger partial charge is 0.449 e. The van der Waals surface area contributed by atoms with Crippen molar-refractivity contribution in [1.29, 1.82) is 0 Å². The first-order chi connectivity index (χ1) is 12.5. The molecule has 0 spiro atoms. The Hall–Kier alpha value is -2.95. The molecule has 0 fully saturated rings. The lowest BCUT2D eigenvalue weighted by Crippen LogP contribution is -2.41. The Kier molecular flexibility index (Phi) is 5.16. The third-order valence-electron chi connectivity index (χ3n) is 4.62. The summed E-state index contributed by atoms with van der Waals surface area (Å²) in [4.78, 5) is 34.9. The minimum atomic E-state index is -0.844. The highest BCUT2D eigenvalue weighted by Crippen LogP contribution is 2.44. The zero-order valence-corrected chi connectivity index (χ0v) is 14.8. The maximum absolute atomic E-state index is 12.1. The molecule has 0 heterocycles. The average molecular weight is 351 g/mol. The predicted molar refractivity (Wildman–Crippen MR) is 98.0 cm³/mol. The van der Waals surface area contributed by atoms with Crippen LogP contribution in [0.2, 0.25) is 0 Å². The SMILES string of the molecule is CC(=O)C[C@@H](NC(=O)OCC1c2ccccc2-c2ccccc21)C(C)=O. The summed E-state index contributed by atoms with van der Waals surface area (Å²) in [5.41, 5.74) is 4.53. The Morgan fingerprint density at radius 2 is 1.50 bits per heavy atom. The molecule has 0 unspecified atom stereocenters. The fourth-order valence-corrected chi connectivity index (χ4v) is 3.37. The van der Waals surface area contributed by atoms with Gasteiger partial charge in [0.25, 0.3) is 0 Å². The summed E-state index contributed by atoms with van der Waals surface area (Å²) in [5, 5.41) is 2.49. The number of carbonyl (C=O) groups excluding carboxylic acids is 3. The minimum absolute atomic E-state index is 0.0282. The predicted octanol–water partition coefficient (Wildman–Crippen LogP) is 3.46. The second kappa shape index (κ2) is 7.52. The maximum atomic E-state index is 12.1. The molecule has 0 radical (unpaired) electrons. The van der Waals surface area contributed by atoms with Crippen molar-refractivity contribution < 1.29 is 19.1 Å². The highest BCUT2D eigenvalue weighted by atomic mass is 16.5. The van der Waals surface area contributed by atoms with Gasteiger partial charge in [-0.2, -0.15) is 0 Å². The summed E-state index contributed by atoms with van der Waals surface area (Å²) >= 11 is 0. The molecular weight excluding hydrogens is 330 g/mol. The number of Topliss-reactive ketones (excluding diaryl/α,β-unsaturated/α-hetero) is 2. The van der Waals surface area contributed by atoms with Gasteiger partial charge in [-0.1, -0.05) is 48.5 Å². The minimum Gasteiger partial charge on any atom is -0.449 e. The molecule has 1 N–H and O–H groups in total. The first-order valence-corrected chi connectivity index (χ1v) is 8.58. The number of alkyl carbamates (subject to hydrolysis) is 1. The molecule has 1 aliphatic rings. The van der Waals surface area contributed by atoms with Crippen LogP contribution in [0.3, 0.4) is 0 Å². The van der Waals surface area contributed by atoms with Gasteiger partial charge >= 0.3 is 6.09 Å². The molecule has 5 nitrogen and oxygen atoms in total. The van der Waals surface area contributed by atoms with Gasteiger partial charge in [0, 0.05) is 12.3 Å². The van der Waals surface area contributed by atoms with Crippen LogP contribution in [0, 0.1) is 0 Å². The topological polar surface area (TPSA) is 72.5 Å². The van der Waals surface area contributed by atoms with Crippen molar-refractivity contribution in [2.24, 2.45) is 0 Å². The summed E-state index contributed by atoms with van der Waals surface area (Å²) in [6.45, 7) is 2.90. The van der Waals surface area contributed by atoms with Crippen LogP contribution in [-0.4, -0.2) is 30.3 Å². The fraction of sp³-hybridized carbons (Fsp3) is 0.286. The van der Waals surface area contributed by atoms with E-state index in [1.165, 1.54) is 13.8 Å². The van der Waals surface area contributed by atoms with Gasteiger partial charge in [0.2, 0.25) is 0 Å². The van der Waals surface area contributed by atoms with Crippen molar-refractivity contribution in [3.63, 3.8) is 0 Å². The van der Waals surface area contributed by atoms with Crippen molar-refractivity contribution in [2.45, 2.75) is 32.2 Å². The van der Waals surface area contributed by atoms with Crippen LogP contribution in [0.5, 0.6) is 0 Å². The molecule has 5 heteroatoms. The second-order valence-electron chi connectivity index (χ2n) is 6.54. The van der Waals surface area contributed by atoms with Gasteiger partial charge < -0.3 is 10.1 Å². The van der Waals surface area contributed by atoms with Crippen LogP contribution >= 0.6 is 0 Å².